The molecule has 0 saturated carbocycles. The molecule has 0 bridgehead atoms. The van der Waals surface area contributed by atoms with E-state index in [1.807, 2.05) is 6.92 Å². The van der Waals surface area contributed by atoms with E-state index in [1.165, 1.54) is 12.1 Å². The number of hydrogen-bond acceptors (Lipinski definition) is 3. The highest BCUT2D eigenvalue weighted by Gasteiger charge is 2.14. The number of benzene rings is 1. The van der Waals surface area contributed by atoms with E-state index in [2.05, 4.69) is 0 Å². The van der Waals surface area contributed by atoms with Crippen molar-refractivity contribution in [1.82, 2.24) is 0 Å². The van der Waals surface area contributed by atoms with Crippen LogP contribution in [0.5, 0.6) is 5.75 Å². The third-order valence-electron chi connectivity index (χ3n) is 2.04. The fourth-order valence-electron chi connectivity index (χ4n) is 1.36. The van der Waals surface area contributed by atoms with Gasteiger partial charge in [-0.25, -0.2) is 4.79 Å². The molecule has 0 aliphatic rings. The minimum atomic E-state index is -1.04. The Morgan fingerprint density at radius 1 is 1.50 bits per heavy atom. The van der Waals surface area contributed by atoms with Crippen LogP contribution in [0, 0.1) is 0 Å². The molecule has 0 fully saturated rings. The summed E-state index contributed by atoms with van der Waals surface area (Å²) in [4.78, 5) is 10.8. The molecule has 0 radical (unpaired) electrons. The Balaban J connectivity index is 3.29. The van der Waals surface area contributed by atoms with Crippen LogP contribution in [-0.4, -0.2) is 16.2 Å². The maximum Gasteiger partial charge on any atom is 0.336 e. The zero-order valence-corrected chi connectivity index (χ0v) is 7.95. The topological polar surface area (TPSA) is 83.5 Å². The van der Waals surface area contributed by atoms with Crippen molar-refractivity contribution in [2.24, 2.45) is 0 Å². The molecule has 76 valence electrons. The maximum atomic E-state index is 10.8. The van der Waals surface area contributed by atoms with Gasteiger partial charge in [0.05, 0.1) is 11.3 Å². The number of aromatic carboxylic acids is 1. The number of nitrogens with two attached hydrogens (primary N) is 1. The Labute approximate surface area is 82.0 Å². The smallest absolute Gasteiger partial charge is 0.336 e. The SMILES string of the molecule is CCCc1c(C(=O)O)ccc(N)c1O. The predicted octanol–water partition coefficient (Wildman–Crippen LogP) is 1.63. The summed E-state index contributed by atoms with van der Waals surface area (Å²) >= 11 is 0. The highest BCUT2D eigenvalue weighted by molar-refractivity contribution is 5.91. The van der Waals surface area contributed by atoms with Gasteiger partial charge in [-0.1, -0.05) is 13.3 Å². The number of carbonyl (C=O) groups is 1. The first kappa shape index (κ1) is 10.4. The molecule has 0 atom stereocenters. The lowest BCUT2D eigenvalue weighted by molar-refractivity contribution is 0.0695. The van der Waals surface area contributed by atoms with Crippen LogP contribution < -0.4 is 5.73 Å². The molecule has 4 nitrogen and oxygen atoms in total. The van der Waals surface area contributed by atoms with Gasteiger partial charge in [-0.05, 0) is 18.6 Å². The van der Waals surface area contributed by atoms with Crippen LogP contribution in [0.2, 0.25) is 0 Å². The largest absolute Gasteiger partial charge is 0.505 e. The molecule has 0 spiro atoms. The summed E-state index contributed by atoms with van der Waals surface area (Å²) in [6, 6.07) is 2.82. The zero-order valence-electron chi connectivity index (χ0n) is 7.95. The van der Waals surface area contributed by atoms with Crippen molar-refractivity contribution >= 4 is 11.7 Å². The second-order valence-electron chi connectivity index (χ2n) is 3.08. The lowest BCUT2D eigenvalue weighted by atomic mass is 10.0. The van der Waals surface area contributed by atoms with Gasteiger partial charge in [-0.2, -0.15) is 0 Å². The number of hydrogen-bond donors (Lipinski definition) is 3. The van der Waals surface area contributed by atoms with Crippen molar-refractivity contribution in [3.05, 3.63) is 23.3 Å². The standard InChI is InChI=1S/C10H13NO3/c1-2-3-6-7(10(13)14)4-5-8(11)9(6)12/h4-5,12H,2-3,11H2,1H3,(H,13,14). The van der Waals surface area contributed by atoms with E-state index in [0.29, 0.717) is 12.0 Å². The van der Waals surface area contributed by atoms with Gasteiger partial charge < -0.3 is 15.9 Å². The number of carboxylic acids is 1. The Bertz CT molecular complexity index is 361. The van der Waals surface area contributed by atoms with Crippen LogP contribution in [0.1, 0.15) is 29.3 Å². The molecule has 1 aromatic rings. The van der Waals surface area contributed by atoms with E-state index >= 15 is 0 Å². The summed E-state index contributed by atoms with van der Waals surface area (Å²) < 4.78 is 0. The molecular formula is C10H13NO3. The summed E-state index contributed by atoms with van der Waals surface area (Å²) in [5.74, 6) is -1.14. The van der Waals surface area contributed by atoms with Crippen LogP contribution in [0.4, 0.5) is 5.69 Å². The van der Waals surface area contributed by atoms with Crippen LogP contribution in [-0.2, 0) is 6.42 Å². The minimum Gasteiger partial charge on any atom is -0.505 e. The molecule has 4 heteroatoms. The molecule has 0 aliphatic heterocycles. The molecule has 1 rings (SSSR count). The van der Waals surface area contributed by atoms with Crippen molar-refractivity contribution in [3.8, 4) is 5.75 Å². The quantitative estimate of drug-likeness (QED) is 0.505. The van der Waals surface area contributed by atoms with E-state index in [9.17, 15) is 9.90 Å². The fraction of sp³-hybridized carbons (Fsp3) is 0.300. The van der Waals surface area contributed by atoms with E-state index in [1.54, 1.807) is 0 Å². The number of aromatic hydroxyl groups is 1. The molecule has 0 heterocycles. The van der Waals surface area contributed by atoms with Crippen LogP contribution in [0.25, 0.3) is 0 Å². The molecular weight excluding hydrogens is 182 g/mol. The summed E-state index contributed by atoms with van der Waals surface area (Å²) in [6.07, 6.45) is 1.27. The van der Waals surface area contributed by atoms with E-state index in [4.69, 9.17) is 10.8 Å². The molecule has 0 aromatic heterocycles. The molecule has 0 unspecified atom stereocenters. The third kappa shape index (κ3) is 1.79. The van der Waals surface area contributed by atoms with E-state index in [0.717, 1.165) is 6.42 Å². The first-order valence-electron chi connectivity index (χ1n) is 4.41. The number of rotatable bonds is 3. The zero-order chi connectivity index (χ0) is 10.7. The number of anilines is 1. The van der Waals surface area contributed by atoms with Crippen molar-refractivity contribution in [2.45, 2.75) is 19.8 Å². The summed E-state index contributed by atoms with van der Waals surface area (Å²) in [5.41, 5.74) is 6.24. The van der Waals surface area contributed by atoms with Crippen LogP contribution in [0.3, 0.4) is 0 Å². The van der Waals surface area contributed by atoms with Crippen molar-refractivity contribution < 1.29 is 15.0 Å². The summed E-state index contributed by atoms with van der Waals surface area (Å²) in [5, 5.41) is 18.4. The van der Waals surface area contributed by atoms with E-state index in [-0.39, 0.29) is 17.0 Å². The Kier molecular flexibility index (Phi) is 2.96. The van der Waals surface area contributed by atoms with Crippen LogP contribution in [0.15, 0.2) is 12.1 Å². The van der Waals surface area contributed by atoms with E-state index < -0.39 is 5.97 Å². The second kappa shape index (κ2) is 4.00. The molecule has 0 amide bonds. The van der Waals surface area contributed by atoms with Crippen molar-refractivity contribution in [1.29, 1.82) is 0 Å². The average Bonchev–Trinajstić information content (AvgIpc) is 2.13. The molecule has 0 saturated heterocycles. The number of phenolic OH excluding ortho intramolecular Hbond substituents is 1. The van der Waals surface area contributed by atoms with Crippen LogP contribution >= 0.6 is 0 Å². The lowest BCUT2D eigenvalue weighted by Gasteiger charge is -2.09. The molecule has 14 heavy (non-hydrogen) atoms. The highest BCUT2D eigenvalue weighted by atomic mass is 16.4. The Morgan fingerprint density at radius 3 is 2.64 bits per heavy atom. The van der Waals surface area contributed by atoms with Gasteiger partial charge in [0.15, 0.2) is 0 Å². The van der Waals surface area contributed by atoms with Gasteiger partial charge in [-0.3, -0.25) is 0 Å². The fourth-order valence-corrected chi connectivity index (χ4v) is 1.36. The Hall–Kier alpha value is -1.71. The molecule has 4 N–H and O–H groups in total. The number of carboxylic acid groups (broad SMARTS) is 1. The van der Waals surface area contributed by atoms with Gasteiger partial charge in [0.1, 0.15) is 5.75 Å². The molecule has 1 aromatic carbocycles. The first-order valence-corrected chi connectivity index (χ1v) is 4.41. The highest BCUT2D eigenvalue weighted by Crippen LogP contribution is 2.29. The second-order valence-corrected chi connectivity index (χ2v) is 3.08. The number of phenols is 1. The number of nitrogen functional groups attached to an aromatic ring is 1. The van der Waals surface area contributed by atoms with Crippen molar-refractivity contribution in [2.75, 3.05) is 5.73 Å². The third-order valence-corrected chi connectivity index (χ3v) is 2.04. The first-order chi connectivity index (χ1) is 6.57. The normalized spacial score (nSPS) is 10.1. The molecule has 0 aliphatic carbocycles. The maximum absolute atomic E-state index is 10.8. The monoisotopic (exact) mass is 195 g/mol. The summed E-state index contributed by atoms with van der Waals surface area (Å²) in [7, 11) is 0. The van der Waals surface area contributed by atoms with Gasteiger partial charge in [0.2, 0.25) is 0 Å². The van der Waals surface area contributed by atoms with Gasteiger partial charge in [0, 0.05) is 5.56 Å². The summed E-state index contributed by atoms with van der Waals surface area (Å²) in [6.45, 7) is 1.91. The van der Waals surface area contributed by atoms with Gasteiger partial charge in [0.25, 0.3) is 0 Å². The predicted molar refractivity (Wildman–Crippen MR) is 53.5 cm³/mol. The van der Waals surface area contributed by atoms with Gasteiger partial charge >= 0.3 is 5.97 Å². The lowest BCUT2D eigenvalue weighted by Crippen LogP contribution is -2.04. The average molecular weight is 195 g/mol. The minimum absolute atomic E-state index is 0.105. The van der Waals surface area contributed by atoms with Crippen molar-refractivity contribution in [3.63, 3.8) is 0 Å². The Morgan fingerprint density at radius 2 is 2.14 bits per heavy atom. The van der Waals surface area contributed by atoms with Gasteiger partial charge in [-0.15, -0.1) is 0 Å².